The molecule has 1 amide bonds. The molecule has 0 radical (unpaired) electrons. The highest BCUT2D eigenvalue weighted by molar-refractivity contribution is 6.03. The van der Waals surface area contributed by atoms with Gasteiger partial charge in [0.05, 0.1) is 5.69 Å². The number of carbonyl (C=O) groups excluding carboxylic acids is 1. The van der Waals surface area contributed by atoms with Gasteiger partial charge in [0.2, 0.25) is 0 Å². The minimum absolute atomic E-state index is 0.208. The summed E-state index contributed by atoms with van der Waals surface area (Å²) >= 11 is 0. The molecule has 0 aliphatic rings. The Kier molecular flexibility index (Phi) is 3.87. The molecule has 0 spiro atoms. The van der Waals surface area contributed by atoms with Crippen LogP contribution in [0.25, 0.3) is 11.4 Å². The maximum atomic E-state index is 12.1. The fraction of sp³-hybridized carbons (Fsp3) is 0.0588. The van der Waals surface area contributed by atoms with Gasteiger partial charge in [-0.1, -0.05) is 23.8 Å². The summed E-state index contributed by atoms with van der Waals surface area (Å²) in [6.07, 6.45) is 1.70. The number of pyridine rings is 1. The van der Waals surface area contributed by atoms with Gasteiger partial charge >= 0.3 is 0 Å². The van der Waals surface area contributed by atoms with E-state index in [1.54, 1.807) is 30.5 Å². The number of anilines is 1. The average molecular weight is 290 g/mol. The number of rotatable bonds is 3. The molecule has 3 aromatic rings. The molecule has 0 aliphatic carbocycles. The number of hydrogen-bond acceptors (Lipinski definition) is 4. The molecule has 108 valence electrons. The molecule has 0 saturated carbocycles. The number of aryl methyl sites for hydroxylation is 1. The number of nitrogens with one attached hydrogen (secondary N) is 1. The second-order valence-electron chi connectivity index (χ2n) is 4.84. The summed E-state index contributed by atoms with van der Waals surface area (Å²) in [7, 11) is 0. The summed E-state index contributed by atoms with van der Waals surface area (Å²) in [5.41, 5.74) is 3.10. The van der Waals surface area contributed by atoms with Gasteiger partial charge in [0, 0.05) is 11.8 Å². The molecule has 2 heterocycles. The zero-order chi connectivity index (χ0) is 15.4. The molecular formula is C17H14N4O. The third-order valence-electron chi connectivity index (χ3n) is 3.15. The minimum atomic E-state index is -0.208. The SMILES string of the molecule is Cc1ccc(C(=O)Nc2ccc(-c3ccccn3)nn2)cc1. The van der Waals surface area contributed by atoms with Gasteiger partial charge in [-0.15, -0.1) is 10.2 Å². The Labute approximate surface area is 128 Å². The highest BCUT2D eigenvalue weighted by Gasteiger charge is 2.07. The van der Waals surface area contributed by atoms with Gasteiger partial charge in [-0.2, -0.15) is 0 Å². The Bertz CT molecular complexity index is 768. The van der Waals surface area contributed by atoms with Crippen molar-refractivity contribution in [3.63, 3.8) is 0 Å². The zero-order valence-electron chi connectivity index (χ0n) is 12.0. The Morgan fingerprint density at radius 3 is 2.36 bits per heavy atom. The highest BCUT2D eigenvalue weighted by atomic mass is 16.1. The van der Waals surface area contributed by atoms with Gasteiger partial charge in [-0.05, 0) is 43.3 Å². The van der Waals surface area contributed by atoms with Crippen LogP contribution in [-0.4, -0.2) is 21.1 Å². The lowest BCUT2D eigenvalue weighted by Gasteiger charge is -2.05. The normalized spacial score (nSPS) is 10.2. The summed E-state index contributed by atoms with van der Waals surface area (Å²) < 4.78 is 0. The van der Waals surface area contributed by atoms with Gasteiger partial charge in [-0.3, -0.25) is 9.78 Å². The first-order chi connectivity index (χ1) is 10.7. The lowest BCUT2D eigenvalue weighted by molar-refractivity contribution is 0.102. The standard InChI is InChI=1S/C17H14N4O/c1-12-5-7-13(8-6-12)17(22)19-16-10-9-15(20-21-16)14-4-2-3-11-18-14/h2-11H,1H3,(H,19,21,22). The van der Waals surface area contributed by atoms with Crippen LogP contribution in [0.1, 0.15) is 15.9 Å². The van der Waals surface area contributed by atoms with Crippen molar-refractivity contribution in [2.75, 3.05) is 5.32 Å². The Hall–Kier alpha value is -3.08. The predicted molar refractivity (Wildman–Crippen MR) is 84.4 cm³/mol. The second-order valence-corrected chi connectivity index (χ2v) is 4.84. The topological polar surface area (TPSA) is 67.8 Å². The number of hydrogen-bond donors (Lipinski definition) is 1. The van der Waals surface area contributed by atoms with Crippen molar-refractivity contribution in [3.8, 4) is 11.4 Å². The van der Waals surface area contributed by atoms with Crippen LogP contribution in [-0.2, 0) is 0 Å². The second kappa shape index (κ2) is 6.13. The van der Waals surface area contributed by atoms with Crippen molar-refractivity contribution in [2.24, 2.45) is 0 Å². The fourth-order valence-electron chi connectivity index (χ4n) is 1.94. The van der Waals surface area contributed by atoms with Crippen molar-refractivity contribution in [2.45, 2.75) is 6.92 Å². The van der Waals surface area contributed by atoms with Crippen LogP contribution in [0, 0.1) is 6.92 Å². The van der Waals surface area contributed by atoms with E-state index in [2.05, 4.69) is 20.5 Å². The zero-order valence-corrected chi connectivity index (χ0v) is 12.0. The van der Waals surface area contributed by atoms with Crippen LogP contribution < -0.4 is 5.32 Å². The van der Waals surface area contributed by atoms with Crippen molar-refractivity contribution in [1.29, 1.82) is 0 Å². The molecule has 1 aromatic carbocycles. The number of amides is 1. The first-order valence-electron chi connectivity index (χ1n) is 6.85. The van der Waals surface area contributed by atoms with E-state index in [1.807, 2.05) is 37.3 Å². The van der Waals surface area contributed by atoms with Gasteiger partial charge in [0.15, 0.2) is 5.82 Å². The lowest BCUT2D eigenvalue weighted by atomic mass is 10.1. The van der Waals surface area contributed by atoms with Crippen LogP contribution in [0.3, 0.4) is 0 Å². The molecule has 1 N–H and O–H groups in total. The summed E-state index contributed by atoms with van der Waals surface area (Å²) in [6.45, 7) is 1.98. The lowest BCUT2D eigenvalue weighted by Crippen LogP contribution is -2.13. The maximum absolute atomic E-state index is 12.1. The van der Waals surface area contributed by atoms with E-state index in [0.717, 1.165) is 11.3 Å². The van der Waals surface area contributed by atoms with Gasteiger partial charge in [-0.25, -0.2) is 0 Å². The molecule has 0 fully saturated rings. The molecule has 0 unspecified atom stereocenters. The van der Waals surface area contributed by atoms with Gasteiger partial charge < -0.3 is 5.32 Å². The summed E-state index contributed by atoms with van der Waals surface area (Å²) in [5.74, 6) is 0.199. The fourth-order valence-corrected chi connectivity index (χ4v) is 1.94. The van der Waals surface area contributed by atoms with E-state index < -0.39 is 0 Å². The first-order valence-corrected chi connectivity index (χ1v) is 6.85. The van der Waals surface area contributed by atoms with E-state index in [-0.39, 0.29) is 5.91 Å². The molecule has 3 rings (SSSR count). The molecule has 0 atom stereocenters. The number of benzene rings is 1. The molecule has 0 saturated heterocycles. The maximum Gasteiger partial charge on any atom is 0.256 e. The summed E-state index contributed by atoms with van der Waals surface area (Å²) in [5, 5.41) is 10.8. The van der Waals surface area contributed by atoms with Crippen LogP contribution in [0.5, 0.6) is 0 Å². The predicted octanol–water partition coefficient (Wildman–Crippen LogP) is 3.10. The average Bonchev–Trinajstić information content (AvgIpc) is 2.57. The van der Waals surface area contributed by atoms with Crippen molar-refractivity contribution in [3.05, 3.63) is 71.9 Å². The number of nitrogens with zero attached hydrogens (tertiary/aromatic N) is 3. The van der Waals surface area contributed by atoms with Crippen LogP contribution in [0.2, 0.25) is 0 Å². The van der Waals surface area contributed by atoms with Crippen molar-refractivity contribution in [1.82, 2.24) is 15.2 Å². The van der Waals surface area contributed by atoms with E-state index in [0.29, 0.717) is 17.1 Å². The molecule has 5 heteroatoms. The first kappa shape index (κ1) is 13.9. The quantitative estimate of drug-likeness (QED) is 0.804. The molecule has 22 heavy (non-hydrogen) atoms. The number of aromatic nitrogens is 3. The van der Waals surface area contributed by atoms with E-state index in [4.69, 9.17) is 0 Å². The third-order valence-corrected chi connectivity index (χ3v) is 3.15. The molecule has 0 bridgehead atoms. The molecular weight excluding hydrogens is 276 g/mol. The largest absolute Gasteiger partial charge is 0.305 e. The van der Waals surface area contributed by atoms with E-state index >= 15 is 0 Å². The Morgan fingerprint density at radius 2 is 1.73 bits per heavy atom. The summed E-state index contributed by atoms with van der Waals surface area (Å²) in [4.78, 5) is 16.3. The van der Waals surface area contributed by atoms with Crippen LogP contribution >= 0.6 is 0 Å². The Balaban J connectivity index is 1.73. The van der Waals surface area contributed by atoms with Gasteiger partial charge in [0.1, 0.15) is 5.69 Å². The number of carbonyl (C=O) groups is 1. The molecule has 5 nitrogen and oxygen atoms in total. The van der Waals surface area contributed by atoms with E-state index in [1.165, 1.54) is 0 Å². The van der Waals surface area contributed by atoms with Crippen LogP contribution in [0.15, 0.2) is 60.8 Å². The minimum Gasteiger partial charge on any atom is -0.305 e. The smallest absolute Gasteiger partial charge is 0.256 e. The van der Waals surface area contributed by atoms with E-state index in [9.17, 15) is 4.79 Å². The summed E-state index contributed by atoms with van der Waals surface area (Å²) in [6, 6.07) is 16.4. The third kappa shape index (κ3) is 3.15. The van der Waals surface area contributed by atoms with Crippen molar-refractivity contribution >= 4 is 11.7 Å². The molecule has 0 aliphatic heterocycles. The van der Waals surface area contributed by atoms with Crippen LogP contribution in [0.4, 0.5) is 5.82 Å². The molecule has 2 aromatic heterocycles. The highest BCUT2D eigenvalue weighted by Crippen LogP contribution is 2.14. The monoisotopic (exact) mass is 290 g/mol. The Morgan fingerprint density at radius 1 is 0.909 bits per heavy atom. The van der Waals surface area contributed by atoms with Crippen molar-refractivity contribution < 1.29 is 4.79 Å². The van der Waals surface area contributed by atoms with Gasteiger partial charge in [0.25, 0.3) is 5.91 Å².